The zero-order valence-electron chi connectivity index (χ0n) is 16.8. The smallest absolute Gasteiger partial charge is 0.272 e. The third-order valence-electron chi connectivity index (χ3n) is 6.32. The number of carbonyl (C=O) groups excluding carboxylic acids is 1. The maximum absolute atomic E-state index is 13.7. The third-order valence-corrected chi connectivity index (χ3v) is 6.32. The highest BCUT2D eigenvalue weighted by atomic mass is 16.2. The number of fused-ring (bicyclic) bond motifs is 2. The number of hydrazone groups is 1. The molecule has 2 aromatic heterocycles. The second kappa shape index (κ2) is 6.55. The first-order chi connectivity index (χ1) is 14.7. The van der Waals surface area contributed by atoms with Crippen molar-refractivity contribution < 1.29 is 4.79 Å². The van der Waals surface area contributed by atoms with Gasteiger partial charge in [0.1, 0.15) is 5.69 Å². The zero-order chi connectivity index (χ0) is 20.2. The first-order valence-corrected chi connectivity index (χ1v) is 10.5. The number of rotatable bonds is 3. The van der Waals surface area contributed by atoms with Gasteiger partial charge in [0.05, 0.1) is 29.8 Å². The lowest BCUT2D eigenvalue weighted by atomic mass is 9.88. The Morgan fingerprint density at radius 1 is 1.30 bits per heavy atom. The Bertz CT molecular complexity index is 1130. The summed E-state index contributed by atoms with van der Waals surface area (Å²) in [6.45, 7) is 2.72. The number of nitrogens with one attached hydrogen (secondary N) is 1. The minimum absolute atomic E-state index is 0.0167. The minimum atomic E-state index is -0.202. The lowest BCUT2D eigenvalue weighted by Crippen LogP contribution is -2.45. The van der Waals surface area contributed by atoms with Crippen molar-refractivity contribution in [1.82, 2.24) is 29.7 Å². The third kappa shape index (κ3) is 2.67. The summed E-state index contributed by atoms with van der Waals surface area (Å²) < 4.78 is 1.90. The predicted octanol–water partition coefficient (Wildman–Crippen LogP) is 2.96. The first-order valence-electron chi connectivity index (χ1n) is 10.5. The Balaban J connectivity index is 1.40. The van der Waals surface area contributed by atoms with E-state index in [9.17, 15) is 4.79 Å². The maximum Gasteiger partial charge on any atom is 0.272 e. The summed E-state index contributed by atoms with van der Waals surface area (Å²) in [6, 6.07) is 2.00. The van der Waals surface area contributed by atoms with E-state index >= 15 is 0 Å². The van der Waals surface area contributed by atoms with Crippen LogP contribution in [0.2, 0.25) is 0 Å². The number of carbonyl (C=O) groups is 1. The fourth-order valence-corrected chi connectivity index (χ4v) is 4.63. The van der Waals surface area contributed by atoms with E-state index in [1.165, 1.54) is 0 Å². The molecule has 0 aromatic carbocycles. The van der Waals surface area contributed by atoms with E-state index in [4.69, 9.17) is 0 Å². The van der Waals surface area contributed by atoms with Crippen LogP contribution in [0.4, 0.5) is 0 Å². The van der Waals surface area contributed by atoms with Crippen LogP contribution in [0.5, 0.6) is 0 Å². The second-order valence-electron chi connectivity index (χ2n) is 8.28. The van der Waals surface area contributed by atoms with Crippen LogP contribution in [-0.2, 0) is 6.42 Å². The standard InChI is InChI=1S/C22H23N7O/c1-14-3-2-9-28-19(14)11-15(12-26-28)21-20-17(23-13-24-20)7-10-27(21)22(30)18-6-8-25-29(18)16-4-5-16/h2-3,6,8-9,11-13,15-16,21H,4-5,7,10H2,1H3,(H,23,24)/t15?,21-/m0/s1. The summed E-state index contributed by atoms with van der Waals surface area (Å²) in [5.41, 5.74) is 4.91. The Morgan fingerprint density at radius 3 is 3.07 bits per heavy atom. The molecule has 1 amide bonds. The summed E-state index contributed by atoms with van der Waals surface area (Å²) >= 11 is 0. The molecule has 0 saturated heterocycles. The summed E-state index contributed by atoms with van der Waals surface area (Å²) in [5.74, 6) is -0.0437. The minimum Gasteiger partial charge on any atom is -0.348 e. The molecule has 0 spiro atoms. The van der Waals surface area contributed by atoms with E-state index < -0.39 is 0 Å². The summed E-state index contributed by atoms with van der Waals surface area (Å²) in [5, 5.41) is 10.9. The molecule has 8 nitrogen and oxygen atoms in total. The highest BCUT2D eigenvalue weighted by Gasteiger charge is 2.40. The van der Waals surface area contributed by atoms with Crippen LogP contribution in [0.15, 0.2) is 59.4 Å². The first kappa shape index (κ1) is 17.4. The number of aromatic nitrogens is 4. The van der Waals surface area contributed by atoms with Gasteiger partial charge in [-0.25, -0.2) is 9.99 Å². The van der Waals surface area contributed by atoms with E-state index in [1.807, 2.05) is 39.1 Å². The van der Waals surface area contributed by atoms with Gasteiger partial charge in [-0.15, -0.1) is 0 Å². The molecule has 0 radical (unpaired) electrons. The quantitative estimate of drug-likeness (QED) is 0.857. The van der Waals surface area contributed by atoms with E-state index in [0.29, 0.717) is 18.3 Å². The van der Waals surface area contributed by atoms with Gasteiger partial charge in [-0.3, -0.25) is 9.48 Å². The molecule has 30 heavy (non-hydrogen) atoms. The summed E-state index contributed by atoms with van der Waals surface area (Å²) in [7, 11) is 0. The molecular weight excluding hydrogens is 378 g/mol. The van der Waals surface area contributed by atoms with E-state index in [-0.39, 0.29) is 17.9 Å². The van der Waals surface area contributed by atoms with Crippen LogP contribution >= 0.6 is 0 Å². The molecule has 1 unspecified atom stereocenters. The molecule has 5 heterocycles. The van der Waals surface area contributed by atoms with Crippen LogP contribution in [-0.4, -0.2) is 48.3 Å². The highest BCUT2D eigenvalue weighted by molar-refractivity contribution is 5.93. The SMILES string of the molecule is CC1=CC=CN2N=CC([C@H]3c4nc[nH]c4CCN3C(=O)c3ccnn3C3CC3)C=C12. The van der Waals surface area contributed by atoms with Gasteiger partial charge in [0.2, 0.25) is 0 Å². The van der Waals surface area contributed by atoms with Crippen molar-refractivity contribution in [3.8, 4) is 0 Å². The molecule has 1 aliphatic carbocycles. The Kier molecular flexibility index (Phi) is 3.81. The van der Waals surface area contributed by atoms with Crippen molar-refractivity contribution in [3.63, 3.8) is 0 Å². The zero-order valence-corrected chi connectivity index (χ0v) is 16.8. The molecule has 0 bridgehead atoms. The lowest BCUT2D eigenvalue weighted by molar-refractivity contribution is 0.0620. The number of H-pyrrole nitrogens is 1. The molecule has 1 saturated carbocycles. The van der Waals surface area contributed by atoms with Crippen molar-refractivity contribution in [2.45, 2.75) is 38.3 Å². The number of aromatic amines is 1. The number of hydrogen-bond donors (Lipinski definition) is 1. The van der Waals surface area contributed by atoms with Crippen LogP contribution in [0.1, 0.15) is 53.7 Å². The molecule has 2 aromatic rings. The fraction of sp³-hybridized carbons (Fsp3) is 0.364. The van der Waals surface area contributed by atoms with Gasteiger partial charge in [-0.1, -0.05) is 6.08 Å². The molecule has 2 atom stereocenters. The predicted molar refractivity (Wildman–Crippen MR) is 111 cm³/mol. The maximum atomic E-state index is 13.7. The van der Waals surface area contributed by atoms with E-state index in [2.05, 4.69) is 39.2 Å². The Labute approximate surface area is 174 Å². The van der Waals surface area contributed by atoms with E-state index in [0.717, 1.165) is 41.9 Å². The summed E-state index contributed by atoms with van der Waals surface area (Å²) in [6.07, 6.45) is 16.6. The van der Waals surface area contributed by atoms with Crippen molar-refractivity contribution in [3.05, 3.63) is 71.4 Å². The fourth-order valence-electron chi connectivity index (χ4n) is 4.63. The van der Waals surface area contributed by atoms with Crippen LogP contribution in [0, 0.1) is 5.92 Å². The van der Waals surface area contributed by atoms with Gasteiger partial charge < -0.3 is 9.88 Å². The van der Waals surface area contributed by atoms with E-state index in [1.54, 1.807) is 12.5 Å². The normalized spacial score (nSPS) is 25.0. The summed E-state index contributed by atoms with van der Waals surface area (Å²) in [4.78, 5) is 23.5. The van der Waals surface area contributed by atoms with Gasteiger partial charge in [-0.2, -0.15) is 10.2 Å². The largest absolute Gasteiger partial charge is 0.348 e. The van der Waals surface area contributed by atoms with Crippen molar-refractivity contribution >= 4 is 12.1 Å². The van der Waals surface area contributed by atoms with Gasteiger partial charge in [0.15, 0.2) is 0 Å². The molecule has 1 N–H and O–H groups in total. The van der Waals surface area contributed by atoms with Gasteiger partial charge in [0.25, 0.3) is 5.91 Å². The molecular formula is C22H23N7O. The van der Waals surface area contributed by atoms with Gasteiger partial charge in [0, 0.05) is 43.2 Å². The average molecular weight is 401 g/mol. The van der Waals surface area contributed by atoms with Gasteiger partial charge in [-0.05, 0) is 43.6 Å². The number of allylic oxidation sites excluding steroid dienone is 3. The molecule has 6 rings (SSSR count). The Hall–Kier alpha value is -3.42. The number of imidazole rings is 1. The molecule has 4 aliphatic rings. The molecule has 3 aliphatic heterocycles. The van der Waals surface area contributed by atoms with Crippen LogP contribution in [0.3, 0.4) is 0 Å². The average Bonchev–Trinajstić information content (AvgIpc) is 3.30. The van der Waals surface area contributed by atoms with Crippen LogP contribution < -0.4 is 0 Å². The number of nitrogens with zero attached hydrogens (tertiary/aromatic N) is 6. The lowest BCUT2D eigenvalue weighted by Gasteiger charge is -2.39. The Morgan fingerprint density at radius 2 is 2.20 bits per heavy atom. The monoisotopic (exact) mass is 401 g/mol. The van der Waals surface area contributed by atoms with Crippen molar-refractivity contribution in [2.24, 2.45) is 11.0 Å². The van der Waals surface area contributed by atoms with Gasteiger partial charge >= 0.3 is 0 Å². The van der Waals surface area contributed by atoms with Crippen molar-refractivity contribution in [1.29, 1.82) is 0 Å². The number of hydrogen-bond acceptors (Lipinski definition) is 5. The highest BCUT2D eigenvalue weighted by Crippen LogP contribution is 2.39. The van der Waals surface area contributed by atoms with Crippen LogP contribution in [0.25, 0.3) is 0 Å². The molecule has 8 heteroatoms. The molecule has 1 fully saturated rings. The second-order valence-corrected chi connectivity index (χ2v) is 8.28. The van der Waals surface area contributed by atoms with Crippen molar-refractivity contribution in [2.75, 3.05) is 6.54 Å². The molecule has 152 valence electrons. The number of amides is 1. The topological polar surface area (TPSA) is 82.4 Å².